The average Bonchev–Trinajstić information content (AvgIpc) is 3.39. The Morgan fingerprint density at radius 1 is 1.13 bits per heavy atom. The van der Waals surface area contributed by atoms with Crippen molar-refractivity contribution in [1.82, 2.24) is 20.4 Å². The van der Waals surface area contributed by atoms with Crippen LogP contribution in [0.15, 0.2) is 41.4 Å². The summed E-state index contributed by atoms with van der Waals surface area (Å²) in [6.45, 7) is 9.66. The van der Waals surface area contributed by atoms with E-state index in [0.717, 1.165) is 64.6 Å². The highest BCUT2D eigenvalue weighted by Crippen LogP contribution is 2.19. The number of guanidine groups is 1. The summed E-state index contributed by atoms with van der Waals surface area (Å²) < 4.78 is 0. The van der Waals surface area contributed by atoms with Gasteiger partial charge in [0.2, 0.25) is 5.91 Å². The molecule has 4 rings (SSSR count). The third kappa shape index (κ3) is 5.75. The average molecular weight is 411 g/mol. The number of hydrogen-bond donors (Lipinski definition) is 2. The van der Waals surface area contributed by atoms with Gasteiger partial charge in [0.15, 0.2) is 5.96 Å². The summed E-state index contributed by atoms with van der Waals surface area (Å²) in [6.07, 6.45) is 6.70. The Bertz CT molecular complexity index is 772. The van der Waals surface area contributed by atoms with Gasteiger partial charge in [-0.15, -0.1) is 0 Å². The van der Waals surface area contributed by atoms with E-state index in [0.29, 0.717) is 19.1 Å². The molecule has 2 N–H and O–H groups in total. The lowest BCUT2D eigenvalue weighted by Crippen LogP contribution is -2.54. The molecular formula is C23H34N6O. The molecule has 7 heteroatoms. The van der Waals surface area contributed by atoms with Crippen LogP contribution < -0.4 is 15.5 Å². The molecule has 1 saturated heterocycles. The number of anilines is 1. The summed E-state index contributed by atoms with van der Waals surface area (Å²) in [7, 11) is 0. The second kappa shape index (κ2) is 9.98. The SMILES string of the molecule is CCNC(=NCc1cccc(N2CC=CC2)c1)N1CCN(CC(=O)NC2CC2)CC1. The van der Waals surface area contributed by atoms with Crippen molar-refractivity contribution >= 4 is 17.6 Å². The van der Waals surface area contributed by atoms with Crippen molar-refractivity contribution in [1.29, 1.82) is 0 Å². The Balaban J connectivity index is 1.30. The van der Waals surface area contributed by atoms with Crippen LogP contribution in [0, 0.1) is 0 Å². The molecule has 162 valence electrons. The van der Waals surface area contributed by atoms with Gasteiger partial charge in [0, 0.05) is 57.5 Å². The summed E-state index contributed by atoms with van der Waals surface area (Å²) in [5.74, 6) is 1.13. The van der Waals surface area contributed by atoms with Crippen molar-refractivity contribution in [3.8, 4) is 0 Å². The Morgan fingerprint density at radius 3 is 2.60 bits per heavy atom. The van der Waals surface area contributed by atoms with Crippen molar-refractivity contribution in [2.45, 2.75) is 32.4 Å². The fourth-order valence-corrected chi connectivity index (χ4v) is 3.95. The second-order valence-corrected chi connectivity index (χ2v) is 8.32. The molecule has 0 bridgehead atoms. The molecule has 1 aliphatic carbocycles. The lowest BCUT2D eigenvalue weighted by molar-refractivity contribution is -0.122. The van der Waals surface area contributed by atoms with E-state index in [1.54, 1.807) is 0 Å². The quantitative estimate of drug-likeness (QED) is 0.405. The zero-order valence-corrected chi connectivity index (χ0v) is 18.0. The molecule has 1 amide bonds. The van der Waals surface area contributed by atoms with E-state index in [1.807, 2.05) is 0 Å². The zero-order chi connectivity index (χ0) is 20.8. The van der Waals surface area contributed by atoms with Gasteiger partial charge >= 0.3 is 0 Å². The van der Waals surface area contributed by atoms with Gasteiger partial charge in [-0.05, 0) is 37.5 Å². The maximum Gasteiger partial charge on any atom is 0.234 e. The number of amides is 1. The molecule has 1 aromatic rings. The number of hydrogen-bond acceptors (Lipinski definition) is 4. The third-order valence-electron chi connectivity index (χ3n) is 5.82. The highest BCUT2D eigenvalue weighted by molar-refractivity contribution is 5.80. The number of carbonyl (C=O) groups is 1. The second-order valence-electron chi connectivity index (χ2n) is 8.32. The lowest BCUT2D eigenvalue weighted by atomic mass is 10.2. The molecule has 0 atom stereocenters. The van der Waals surface area contributed by atoms with E-state index < -0.39 is 0 Å². The minimum absolute atomic E-state index is 0.166. The monoisotopic (exact) mass is 410 g/mol. The standard InChI is InChI=1S/C23H34N6O/c1-2-24-23(25-17-19-6-5-7-21(16-19)28-10-3-4-11-28)29-14-12-27(13-15-29)18-22(30)26-20-8-9-20/h3-7,16,20H,2,8-15,17-18H2,1H3,(H,24,25)(H,26,30). The van der Waals surface area contributed by atoms with E-state index in [2.05, 4.69) is 68.7 Å². The van der Waals surface area contributed by atoms with Gasteiger partial charge < -0.3 is 20.4 Å². The smallest absolute Gasteiger partial charge is 0.234 e. The number of nitrogens with zero attached hydrogens (tertiary/aromatic N) is 4. The Morgan fingerprint density at radius 2 is 1.90 bits per heavy atom. The van der Waals surface area contributed by atoms with Crippen LogP contribution in [0.1, 0.15) is 25.3 Å². The molecule has 2 aliphatic heterocycles. The first-order valence-corrected chi connectivity index (χ1v) is 11.2. The molecule has 2 fully saturated rings. The van der Waals surface area contributed by atoms with E-state index in [9.17, 15) is 4.79 Å². The van der Waals surface area contributed by atoms with E-state index in [4.69, 9.17) is 4.99 Å². The number of nitrogens with one attached hydrogen (secondary N) is 2. The minimum Gasteiger partial charge on any atom is -0.364 e. The first kappa shape index (κ1) is 20.7. The summed E-state index contributed by atoms with van der Waals surface area (Å²) in [6, 6.07) is 9.12. The normalized spacial score (nSPS) is 20.0. The molecule has 0 spiro atoms. The van der Waals surface area contributed by atoms with Gasteiger partial charge in [-0.2, -0.15) is 0 Å². The van der Waals surface area contributed by atoms with E-state index >= 15 is 0 Å². The van der Waals surface area contributed by atoms with Crippen LogP contribution in [0.3, 0.4) is 0 Å². The predicted octanol–water partition coefficient (Wildman–Crippen LogP) is 1.42. The van der Waals surface area contributed by atoms with Crippen molar-refractivity contribution in [2.75, 3.05) is 57.3 Å². The van der Waals surface area contributed by atoms with E-state index in [1.165, 1.54) is 11.3 Å². The van der Waals surface area contributed by atoms with E-state index in [-0.39, 0.29) is 5.91 Å². The maximum atomic E-state index is 12.1. The van der Waals surface area contributed by atoms with Crippen molar-refractivity contribution in [3.63, 3.8) is 0 Å². The highest BCUT2D eigenvalue weighted by atomic mass is 16.2. The van der Waals surface area contributed by atoms with Gasteiger partial charge in [0.25, 0.3) is 0 Å². The molecule has 1 aromatic carbocycles. The van der Waals surface area contributed by atoms with Gasteiger partial charge in [-0.25, -0.2) is 4.99 Å². The van der Waals surface area contributed by atoms with Crippen LogP contribution in [0.5, 0.6) is 0 Å². The molecular weight excluding hydrogens is 376 g/mol. The fourth-order valence-electron chi connectivity index (χ4n) is 3.95. The maximum absolute atomic E-state index is 12.1. The molecule has 7 nitrogen and oxygen atoms in total. The molecule has 30 heavy (non-hydrogen) atoms. The van der Waals surface area contributed by atoms with Crippen molar-refractivity contribution in [2.24, 2.45) is 4.99 Å². The van der Waals surface area contributed by atoms with Crippen LogP contribution in [0.25, 0.3) is 0 Å². The van der Waals surface area contributed by atoms with Crippen molar-refractivity contribution in [3.05, 3.63) is 42.0 Å². The number of piperazine rings is 1. The largest absolute Gasteiger partial charge is 0.364 e. The molecule has 3 aliphatic rings. The predicted molar refractivity (Wildman–Crippen MR) is 122 cm³/mol. The third-order valence-corrected chi connectivity index (χ3v) is 5.82. The van der Waals surface area contributed by atoms with Gasteiger partial charge in [0.05, 0.1) is 13.1 Å². The molecule has 0 radical (unpaired) electrons. The molecule has 0 unspecified atom stereocenters. The summed E-state index contributed by atoms with van der Waals surface area (Å²) in [4.78, 5) is 23.9. The lowest BCUT2D eigenvalue weighted by Gasteiger charge is -2.36. The molecule has 1 saturated carbocycles. The molecule has 0 aromatic heterocycles. The summed E-state index contributed by atoms with van der Waals surface area (Å²) in [5.41, 5.74) is 2.49. The van der Waals surface area contributed by atoms with Gasteiger partial charge in [0.1, 0.15) is 0 Å². The Labute approximate surface area is 179 Å². The number of benzene rings is 1. The summed E-state index contributed by atoms with van der Waals surface area (Å²) in [5, 5.41) is 6.52. The number of carbonyl (C=O) groups excluding carboxylic acids is 1. The molecule has 2 heterocycles. The topological polar surface area (TPSA) is 63.2 Å². The summed E-state index contributed by atoms with van der Waals surface area (Å²) >= 11 is 0. The van der Waals surface area contributed by atoms with Crippen molar-refractivity contribution < 1.29 is 4.79 Å². The van der Waals surface area contributed by atoms with Crippen LogP contribution in [0.4, 0.5) is 5.69 Å². The van der Waals surface area contributed by atoms with Crippen LogP contribution in [-0.4, -0.2) is 80.1 Å². The van der Waals surface area contributed by atoms with Crippen LogP contribution in [0.2, 0.25) is 0 Å². The Hall–Kier alpha value is -2.54. The minimum atomic E-state index is 0.166. The Kier molecular flexibility index (Phi) is 6.89. The van der Waals surface area contributed by atoms with Gasteiger partial charge in [-0.3, -0.25) is 9.69 Å². The van der Waals surface area contributed by atoms with Gasteiger partial charge in [-0.1, -0.05) is 24.3 Å². The first-order chi connectivity index (χ1) is 14.7. The zero-order valence-electron chi connectivity index (χ0n) is 18.0. The van der Waals surface area contributed by atoms with Crippen LogP contribution in [-0.2, 0) is 11.3 Å². The fraction of sp³-hybridized carbons (Fsp3) is 0.565. The number of rotatable bonds is 7. The van der Waals surface area contributed by atoms with Crippen LogP contribution >= 0.6 is 0 Å². The number of aliphatic imine (C=N–C) groups is 1. The first-order valence-electron chi connectivity index (χ1n) is 11.2. The highest BCUT2D eigenvalue weighted by Gasteiger charge is 2.25.